The topological polar surface area (TPSA) is 87.0 Å². The van der Waals surface area contributed by atoms with Gasteiger partial charge in [-0.1, -0.05) is 30.3 Å². The highest BCUT2D eigenvalue weighted by Crippen LogP contribution is 2.07. The first-order chi connectivity index (χ1) is 8.19. The molecule has 5 heteroatoms. The maximum Gasteiger partial charge on any atom is 0.151 e. The Balaban J connectivity index is 2.50. The lowest BCUT2D eigenvalue weighted by Crippen LogP contribution is -2.41. The molecule has 94 valence electrons. The molecule has 0 spiro atoms. The van der Waals surface area contributed by atoms with Crippen molar-refractivity contribution in [3.63, 3.8) is 0 Å². The molecule has 1 aromatic carbocycles. The van der Waals surface area contributed by atoms with E-state index in [1.165, 1.54) is 0 Å². The molecule has 17 heavy (non-hydrogen) atoms. The van der Waals surface area contributed by atoms with Gasteiger partial charge in [0.25, 0.3) is 0 Å². The van der Waals surface area contributed by atoms with E-state index < -0.39 is 24.9 Å². The molecule has 1 aromatic rings. The van der Waals surface area contributed by atoms with Gasteiger partial charge in [-0.05, 0) is 5.56 Å². The lowest BCUT2D eigenvalue weighted by molar-refractivity contribution is -0.138. The fourth-order valence-corrected chi connectivity index (χ4v) is 1.31. The highest BCUT2D eigenvalue weighted by atomic mass is 16.5. The van der Waals surface area contributed by atoms with Crippen LogP contribution < -0.4 is 0 Å². The van der Waals surface area contributed by atoms with Crippen LogP contribution in [0.5, 0.6) is 0 Å². The second-order valence-electron chi connectivity index (χ2n) is 3.64. The molecule has 0 radical (unpaired) electrons. The smallest absolute Gasteiger partial charge is 0.151 e. The summed E-state index contributed by atoms with van der Waals surface area (Å²) in [6.45, 7) is -0.473. The summed E-state index contributed by atoms with van der Waals surface area (Å²) in [5.41, 5.74) is 0.852. The molecule has 0 saturated heterocycles. The summed E-state index contributed by atoms with van der Waals surface area (Å²) < 4.78 is 5.17. The van der Waals surface area contributed by atoms with Gasteiger partial charge in [-0.2, -0.15) is 0 Å². The first-order valence-electron chi connectivity index (χ1n) is 5.27. The maximum absolute atomic E-state index is 10.7. The first-order valence-corrected chi connectivity index (χ1v) is 5.27. The van der Waals surface area contributed by atoms with Crippen molar-refractivity contribution in [3.05, 3.63) is 35.9 Å². The molecule has 0 amide bonds. The van der Waals surface area contributed by atoms with Gasteiger partial charge in [0.2, 0.25) is 0 Å². The van der Waals surface area contributed by atoms with Crippen LogP contribution in [-0.2, 0) is 16.1 Å². The van der Waals surface area contributed by atoms with Crippen molar-refractivity contribution in [3.8, 4) is 0 Å². The summed E-state index contributed by atoms with van der Waals surface area (Å²) in [6.07, 6.45) is -3.56. The predicted molar refractivity (Wildman–Crippen MR) is 60.2 cm³/mol. The largest absolute Gasteiger partial charge is 0.394 e. The monoisotopic (exact) mass is 240 g/mol. The summed E-state index contributed by atoms with van der Waals surface area (Å²) in [5.74, 6) is 0. The van der Waals surface area contributed by atoms with E-state index in [1.54, 1.807) is 0 Å². The van der Waals surface area contributed by atoms with Gasteiger partial charge in [0.05, 0.1) is 13.2 Å². The maximum atomic E-state index is 10.7. The van der Waals surface area contributed by atoms with Gasteiger partial charge in [0.15, 0.2) is 6.29 Å². The number of carbonyl (C=O) groups excluding carboxylic acids is 1. The molecular formula is C12H16O5. The third-order valence-electron chi connectivity index (χ3n) is 2.34. The van der Waals surface area contributed by atoms with Crippen LogP contribution in [-0.4, -0.2) is 46.5 Å². The highest BCUT2D eigenvalue weighted by Gasteiger charge is 2.26. The zero-order valence-electron chi connectivity index (χ0n) is 9.27. The summed E-state index contributed by atoms with van der Waals surface area (Å²) in [7, 11) is 0. The Labute approximate surface area is 99.3 Å². The van der Waals surface area contributed by atoms with Crippen molar-refractivity contribution in [2.45, 2.75) is 24.9 Å². The Hall–Kier alpha value is -1.27. The fraction of sp³-hybridized carbons (Fsp3) is 0.417. The number of aliphatic hydroxyl groups excluding tert-OH is 3. The van der Waals surface area contributed by atoms with Crippen molar-refractivity contribution in [1.82, 2.24) is 0 Å². The summed E-state index contributed by atoms with van der Waals surface area (Å²) in [6, 6.07) is 9.14. The minimum Gasteiger partial charge on any atom is -0.394 e. The lowest BCUT2D eigenvalue weighted by atomic mass is 10.1. The number of ether oxygens (including phenoxy) is 1. The van der Waals surface area contributed by atoms with Crippen LogP contribution >= 0.6 is 0 Å². The van der Waals surface area contributed by atoms with E-state index in [-0.39, 0.29) is 6.61 Å². The van der Waals surface area contributed by atoms with Crippen molar-refractivity contribution < 1.29 is 24.9 Å². The van der Waals surface area contributed by atoms with Gasteiger partial charge >= 0.3 is 0 Å². The Morgan fingerprint density at radius 2 is 1.88 bits per heavy atom. The van der Waals surface area contributed by atoms with Crippen LogP contribution in [0, 0.1) is 0 Å². The van der Waals surface area contributed by atoms with E-state index in [2.05, 4.69) is 0 Å². The Kier molecular flexibility index (Phi) is 5.79. The van der Waals surface area contributed by atoms with E-state index >= 15 is 0 Å². The van der Waals surface area contributed by atoms with E-state index in [0.717, 1.165) is 5.56 Å². The predicted octanol–water partition coefficient (Wildman–Crippen LogP) is -0.515. The van der Waals surface area contributed by atoms with Gasteiger partial charge in [0, 0.05) is 0 Å². The fourth-order valence-electron chi connectivity index (χ4n) is 1.31. The average Bonchev–Trinajstić information content (AvgIpc) is 2.39. The van der Waals surface area contributed by atoms with Gasteiger partial charge in [-0.3, -0.25) is 0 Å². The average molecular weight is 240 g/mol. The summed E-state index contributed by atoms with van der Waals surface area (Å²) >= 11 is 0. The minimum absolute atomic E-state index is 0.152. The zero-order valence-corrected chi connectivity index (χ0v) is 9.27. The molecular weight excluding hydrogens is 224 g/mol. The molecule has 0 saturated carbocycles. The molecule has 3 N–H and O–H groups in total. The highest BCUT2D eigenvalue weighted by molar-refractivity contribution is 5.57. The Morgan fingerprint density at radius 3 is 2.41 bits per heavy atom. The third-order valence-corrected chi connectivity index (χ3v) is 2.34. The Morgan fingerprint density at radius 1 is 1.24 bits per heavy atom. The van der Waals surface area contributed by atoms with Crippen LogP contribution in [0.15, 0.2) is 30.3 Å². The van der Waals surface area contributed by atoms with Gasteiger partial charge in [-0.25, -0.2) is 0 Å². The molecule has 0 aromatic heterocycles. The number of aldehydes is 1. The molecule has 1 rings (SSSR count). The van der Waals surface area contributed by atoms with Crippen molar-refractivity contribution >= 4 is 6.29 Å². The third kappa shape index (κ3) is 4.24. The van der Waals surface area contributed by atoms with Crippen LogP contribution in [0.1, 0.15) is 5.56 Å². The SMILES string of the molecule is O=CC(OCc1ccccc1)C(O)C(O)CO. The lowest BCUT2D eigenvalue weighted by Gasteiger charge is -2.21. The second kappa shape index (κ2) is 7.13. The van der Waals surface area contributed by atoms with Crippen molar-refractivity contribution in [2.75, 3.05) is 6.61 Å². The molecule has 5 nitrogen and oxygen atoms in total. The van der Waals surface area contributed by atoms with Crippen molar-refractivity contribution in [1.29, 1.82) is 0 Å². The minimum atomic E-state index is -1.43. The molecule has 0 aliphatic heterocycles. The molecule has 0 fully saturated rings. The molecule has 3 atom stereocenters. The second-order valence-corrected chi connectivity index (χ2v) is 3.64. The first kappa shape index (κ1) is 13.8. The normalized spacial score (nSPS) is 16.2. The number of aliphatic hydroxyl groups is 3. The van der Waals surface area contributed by atoms with Gasteiger partial charge < -0.3 is 24.9 Å². The number of benzene rings is 1. The molecule has 3 unspecified atom stereocenters. The van der Waals surface area contributed by atoms with Crippen molar-refractivity contribution in [2.24, 2.45) is 0 Å². The number of hydrogen-bond acceptors (Lipinski definition) is 5. The standard InChI is InChI=1S/C12H16O5/c13-6-10(15)12(16)11(7-14)17-8-9-4-2-1-3-5-9/h1-5,7,10-13,15-16H,6,8H2. The summed E-state index contributed by atoms with van der Waals surface area (Å²) in [5, 5.41) is 27.3. The number of rotatable bonds is 7. The van der Waals surface area contributed by atoms with E-state index in [4.69, 9.17) is 9.84 Å². The molecule has 0 aliphatic rings. The van der Waals surface area contributed by atoms with Gasteiger partial charge in [-0.15, -0.1) is 0 Å². The van der Waals surface area contributed by atoms with E-state index in [0.29, 0.717) is 6.29 Å². The zero-order chi connectivity index (χ0) is 12.7. The summed E-state index contributed by atoms with van der Waals surface area (Å²) in [4.78, 5) is 10.7. The van der Waals surface area contributed by atoms with Crippen LogP contribution in [0.2, 0.25) is 0 Å². The van der Waals surface area contributed by atoms with Gasteiger partial charge in [0.1, 0.15) is 18.3 Å². The quantitative estimate of drug-likeness (QED) is 0.558. The molecule has 0 bridgehead atoms. The number of carbonyl (C=O) groups is 1. The number of hydrogen-bond donors (Lipinski definition) is 3. The Bertz CT molecular complexity index is 327. The van der Waals surface area contributed by atoms with E-state index in [9.17, 15) is 15.0 Å². The van der Waals surface area contributed by atoms with E-state index in [1.807, 2.05) is 30.3 Å². The molecule has 0 heterocycles. The van der Waals surface area contributed by atoms with Crippen LogP contribution in [0.25, 0.3) is 0 Å². The van der Waals surface area contributed by atoms with Crippen LogP contribution in [0.3, 0.4) is 0 Å². The van der Waals surface area contributed by atoms with Crippen LogP contribution in [0.4, 0.5) is 0 Å². The molecule has 0 aliphatic carbocycles.